The minimum absolute atomic E-state index is 0.349. The van der Waals surface area contributed by atoms with Gasteiger partial charge in [-0.25, -0.2) is 18.2 Å². The second kappa shape index (κ2) is 5.38. The quantitative estimate of drug-likeness (QED) is 0.896. The highest BCUT2D eigenvalue weighted by molar-refractivity contribution is 6.34. The molecule has 2 aromatic rings. The predicted molar refractivity (Wildman–Crippen MR) is 67.9 cm³/mol. The number of carbonyl (C=O) groups is 1. The molecule has 3 N–H and O–H groups in total. The van der Waals surface area contributed by atoms with E-state index < -0.39 is 40.4 Å². The van der Waals surface area contributed by atoms with Gasteiger partial charge in [0.1, 0.15) is 5.82 Å². The smallest absolute Gasteiger partial charge is 0.258 e. The number of nitrogen functional groups attached to an aromatic ring is 1. The Balaban J connectivity index is 2.36. The van der Waals surface area contributed by atoms with Crippen LogP contribution in [0.2, 0.25) is 5.02 Å². The van der Waals surface area contributed by atoms with Crippen LogP contribution < -0.4 is 11.1 Å². The van der Waals surface area contributed by atoms with Crippen molar-refractivity contribution in [3.8, 4) is 0 Å². The molecule has 0 bridgehead atoms. The van der Waals surface area contributed by atoms with Crippen LogP contribution in [0.3, 0.4) is 0 Å². The molecule has 0 aliphatic carbocycles. The summed E-state index contributed by atoms with van der Waals surface area (Å²) in [6.45, 7) is 0. The number of halogens is 4. The molecule has 20 heavy (non-hydrogen) atoms. The standard InChI is InChI=1S/C12H7ClF3N3O/c13-7-3-5(14)4-8(15)10(7)19-12(20)6-1-2-18-11(17)9(6)16/h1-4H,(H2,17,18)(H,19,20). The highest BCUT2D eigenvalue weighted by atomic mass is 35.5. The van der Waals surface area contributed by atoms with Gasteiger partial charge >= 0.3 is 0 Å². The molecule has 2 rings (SSSR count). The summed E-state index contributed by atoms with van der Waals surface area (Å²) >= 11 is 5.61. The van der Waals surface area contributed by atoms with E-state index in [4.69, 9.17) is 17.3 Å². The van der Waals surface area contributed by atoms with Crippen molar-refractivity contribution in [3.63, 3.8) is 0 Å². The van der Waals surface area contributed by atoms with Gasteiger partial charge in [0, 0.05) is 12.3 Å². The van der Waals surface area contributed by atoms with Crippen molar-refractivity contribution >= 4 is 29.0 Å². The second-order valence-corrected chi connectivity index (χ2v) is 4.16. The molecule has 0 saturated heterocycles. The van der Waals surface area contributed by atoms with Crippen LogP contribution in [0.15, 0.2) is 24.4 Å². The number of anilines is 2. The molecule has 1 heterocycles. The average Bonchev–Trinajstić information content (AvgIpc) is 2.36. The number of carbonyl (C=O) groups excluding carboxylic acids is 1. The molecule has 0 aliphatic heterocycles. The number of nitrogens with one attached hydrogen (secondary N) is 1. The topological polar surface area (TPSA) is 68.0 Å². The fourth-order valence-corrected chi connectivity index (χ4v) is 1.72. The molecule has 0 aliphatic rings. The van der Waals surface area contributed by atoms with E-state index in [1.54, 1.807) is 0 Å². The summed E-state index contributed by atoms with van der Waals surface area (Å²) in [6, 6.07) is 2.42. The van der Waals surface area contributed by atoms with Crippen LogP contribution in [-0.4, -0.2) is 10.9 Å². The maximum atomic E-state index is 13.6. The van der Waals surface area contributed by atoms with E-state index in [0.717, 1.165) is 18.3 Å². The van der Waals surface area contributed by atoms with E-state index in [2.05, 4.69) is 10.3 Å². The Kier molecular flexibility index (Phi) is 3.80. The van der Waals surface area contributed by atoms with Crippen LogP contribution in [0, 0.1) is 17.5 Å². The molecule has 0 fully saturated rings. The van der Waals surface area contributed by atoms with Gasteiger partial charge < -0.3 is 11.1 Å². The molecular weight excluding hydrogens is 295 g/mol. The summed E-state index contributed by atoms with van der Waals surface area (Å²) < 4.78 is 39.9. The molecule has 104 valence electrons. The van der Waals surface area contributed by atoms with Gasteiger partial charge in [0.15, 0.2) is 17.5 Å². The van der Waals surface area contributed by atoms with Crippen LogP contribution in [0.25, 0.3) is 0 Å². The summed E-state index contributed by atoms with van der Waals surface area (Å²) in [5.41, 5.74) is 4.33. The van der Waals surface area contributed by atoms with Crippen molar-refractivity contribution in [1.82, 2.24) is 4.98 Å². The lowest BCUT2D eigenvalue weighted by Gasteiger charge is -2.09. The average molecular weight is 302 g/mol. The van der Waals surface area contributed by atoms with E-state index in [1.807, 2.05) is 0 Å². The molecule has 1 aromatic heterocycles. The zero-order valence-electron chi connectivity index (χ0n) is 9.75. The lowest BCUT2D eigenvalue weighted by atomic mass is 10.2. The Morgan fingerprint density at radius 2 is 2.00 bits per heavy atom. The lowest BCUT2D eigenvalue weighted by molar-refractivity contribution is 0.102. The van der Waals surface area contributed by atoms with E-state index in [-0.39, 0.29) is 5.02 Å². The van der Waals surface area contributed by atoms with E-state index in [1.165, 1.54) is 0 Å². The Hall–Kier alpha value is -2.28. The number of nitrogens with zero attached hydrogens (tertiary/aromatic N) is 1. The predicted octanol–water partition coefficient (Wildman–Crippen LogP) is 2.99. The Bertz CT molecular complexity index is 671. The Morgan fingerprint density at radius 3 is 2.65 bits per heavy atom. The first-order valence-electron chi connectivity index (χ1n) is 5.26. The summed E-state index contributed by atoms with van der Waals surface area (Å²) in [5.74, 6) is -4.47. The molecular formula is C12H7ClF3N3O. The fourth-order valence-electron chi connectivity index (χ4n) is 1.48. The highest BCUT2D eigenvalue weighted by Crippen LogP contribution is 2.27. The largest absolute Gasteiger partial charge is 0.381 e. The van der Waals surface area contributed by atoms with Gasteiger partial charge in [-0.1, -0.05) is 11.6 Å². The molecule has 0 spiro atoms. The number of benzene rings is 1. The summed E-state index contributed by atoms with van der Waals surface area (Å²) in [4.78, 5) is 15.3. The normalized spacial score (nSPS) is 10.4. The molecule has 4 nitrogen and oxygen atoms in total. The molecule has 0 radical (unpaired) electrons. The first-order chi connectivity index (χ1) is 9.40. The maximum Gasteiger partial charge on any atom is 0.258 e. The third kappa shape index (κ3) is 2.67. The highest BCUT2D eigenvalue weighted by Gasteiger charge is 2.18. The number of nitrogens with two attached hydrogens (primary N) is 1. The minimum Gasteiger partial charge on any atom is -0.381 e. The third-order valence-electron chi connectivity index (χ3n) is 2.41. The maximum absolute atomic E-state index is 13.6. The van der Waals surface area contributed by atoms with E-state index in [9.17, 15) is 18.0 Å². The van der Waals surface area contributed by atoms with Crippen LogP contribution in [0.4, 0.5) is 24.7 Å². The molecule has 8 heteroatoms. The number of hydrogen-bond donors (Lipinski definition) is 2. The van der Waals surface area contributed by atoms with E-state index >= 15 is 0 Å². The number of rotatable bonds is 2. The van der Waals surface area contributed by atoms with Crippen LogP contribution in [0.1, 0.15) is 10.4 Å². The first-order valence-corrected chi connectivity index (χ1v) is 5.64. The number of aromatic nitrogens is 1. The molecule has 1 amide bonds. The van der Waals surface area contributed by atoms with Crippen molar-refractivity contribution in [2.45, 2.75) is 0 Å². The van der Waals surface area contributed by atoms with Crippen molar-refractivity contribution in [2.75, 3.05) is 11.1 Å². The van der Waals surface area contributed by atoms with Crippen molar-refractivity contribution < 1.29 is 18.0 Å². The van der Waals surface area contributed by atoms with Crippen molar-refractivity contribution in [3.05, 3.63) is 52.4 Å². The summed E-state index contributed by atoms with van der Waals surface area (Å²) in [6.07, 6.45) is 1.12. The van der Waals surface area contributed by atoms with Crippen molar-refractivity contribution in [1.29, 1.82) is 0 Å². The van der Waals surface area contributed by atoms with Gasteiger partial charge in [0.2, 0.25) is 0 Å². The number of hydrogen-bond acceptors (Lipinski definition) is 3. The van der Waals surface area contributed by atoms with Crippen LogP contribution in [-0.2, 0) is 0 Å². The summed E-state index contributed by atoms with van der Waals surface area (Å²) in [7, 11) is 0. The van der Waals surface area contributed by atoms with Crippen LogP contribution >= 0.6 is 11.6 Å². The summed E-state index contributed by atoms with van der Waals surface area (Å²) in [5, 5.41) is 1.71. The zero-order valence-corrected chi connectivity index (χ0v) is 10.5. The number of amides is 1. The van der Waals surface area contributed by atoms with Gasteiger partial charge in [0.25, 0.3) is 5.91 Å². The molecule has 0 unspecified atom stereocenters. The number of pyridine rings is 1. The molecule has 0 atom stereocenters. The van der Waals surface area contributed by atoms with Gasteiger partial charge in [-0.2, -0.15) is 0 Å². The minimum atomic E-state index is -1.08. The fraction of sp³-hybridized carbons (Fsp3) is 0. The second-order valence-electron chi connectivity index (χ2n) is 3.76. The van der Waals surface area contributed by atoms with Gasteiger partial charge in [0.05, 0.1) is 16.3 Å². The first kappa shape index (κ1) is 14.1. The Labute approximate surface area is 116 Å². The van der Waals surface area contributed by atoms with E-state index in [0.29, 0.717) is 6.07 Å². The van der Waals surface area contributed by atoms with Crippen LogP contribution in [0.5, 0.6) is 0 Å². The third-order valence-corrected chi connectivity index (χ3v) is 2.70. The van der Waals surface area contributed by atoms with Crippen molar-refractivity contribution in [2.24, 2.45) is 0 Å². The monoisotopic (exact) mass is 301 g/mol. The SMILES string of the molecule is Nc1nccc(C(=O)Nc2c(F)cc(F)cc2Cl)c1F. The van der Waals surface area contributed by atoms with Gasteiger partial charge in [-0.15, -0.1) is 0 Å². The lowest BCUT2D eigenvalue weighted by Crippen LogP contribution is -2.16. The Morgan fingerprint density at radius 1 is 1.30 bits per heavy atom. The molecule has 0 saturated carbocycles. The zero-order chi connectivity index (χ0) is 14.9. The molecule has 1 aromatic carbocycles. The van der Waals surface area contributed by atoms with Gasteiger partial charge in [-0.3, -0.25) is 4.79 Å². The van der Waals surface area contributed by atoms with Gasteiger partial charge in [-0.05, 0) is 12.1 Å².